The Morgan fingerprint density at radius 3 is 1.87 bits per heavy atom. The smallest absolute Gasteiger partial charge is 0.338 e. The van der Waals surface area contributed by atoms with Crippen molar-refractivity contribution in [1.82, 2.24) is 9.55 Å². The van der Waals surface area contributed by atoms with Crippen molar-refractivity contribution in [3.63, 3.8) is 0 Å². The molecule has 0 bridgehead atoms. The first kappa shape index (κ1) is 38.9. The van der Waals surface area contributed by atoms with Crippen LogP contribution >= 0.6 is 11.3 Å². The number of ether oxygens (including phenoxy) is 2. The first-order chi connectivity index (χ1) is 26.2. The van der Waals surface area contributed by atoms with Gasteiger partial charge in [0.1, 0.15) is 32.3 Å². The number of aryl methyl sites for hydroxylation is 1. The van der Waals surface area contributed by atoms with Crippen LogP contribution in [0.2, 0.25) is 0 Å². The molecule has 0 N–H and O–H groups in total. The molecule has 0 fully saturated rings. The van der Waals surface area contributed by atoms with E-state index in [4.69, 9.17) is 14.5 Å². The molecule has 0 aliphatic carbocycles. The Hall–Kier alpha value is -6.35. The highest BCUT2D eigenvalue weighted by Gasteiger charge is 2.17. The summed E-state index contributed by atoms with van der Waals surface area (Å²) in [5.41, 5.74) is 5.17. The first-order valence-electron chi connectivity index (χ1n) is 17.1. The molecule has 54 heavy (non-hydrogen) atoms. The number of thiophene rings is 1. The Bertz CT molecular complexity index is 2040. The molecule has 0 amide bonds. The van der Waals surface area contributed by atoms with E-state index in [2.05, 4.69) is 21.2 Å². The molecule has 0 saturated heterocycles. The van der Waals surface area contributed by atoms with Crippen molar-refractivity contribution in [2.45, 2.75) is 65.6 Å². The average Bonchev–Trinajstić information content (AvgIpc) is 3.84. The average molecular weight is 755 g/mol. The molecule has 5 rings (SSSR count). The van der Waals surface area contributed by atoms with E-state index in [1.165, 1.54) is 0 Å². The SMILES string of the molecule is CCCCc1ncc(/C=C(\Cc2cccs2)C(=O)OCc2ccc(CO[N+](=O)[O-])cc2)n1Cc1ccc(C(=O)OCc2ccc(CO[N+](=O)[O-])cc2)cc1. The van der Waals surface area contributed by atoms with Gasteiger partial charge in [0, 0.05) is 29.8 Å². The minimum atomic E-state index is -0.851. The molecule has 2 heterocycles. The molecule has 15 heteroatoms. The second kappa shape index (κ2) is 19.5. The topological polar surface area (TPSA) is 175 Å². The number of imidazole rings is 1. The Labute approximate surface area is 314 Å². The minimum absolute atomic E-state index is 0.0144. The maximum atomic E-state index is 13.6. The fourth-order valence-corrected chi connectivity index (χ4v) is 6.07. The minimum Gasteiger partial charge on any atom is -0.457 e. The van der Waals surface area contributed by atoms with Crippen LogP contribution in [0.15, 0.2) is 102 Å². The molecule has 0 spiro atoms. The number of carbonyl (C=O) groups is 2. The summed E-state index contributed by atoms with van der Waals surface area (Å²) in [6, 6.07) is 24.6. The van der Waals surface area contributed by atoms with Crippen LogP contribution in [0.25, 0.3) is 6.08 Å². The summed E-state index contributed by atoms with van der Waals surface area (Å²) in [5.74, 6) is -0.101. The summed E-state index contributed by atoms with van der Waals surface area (Å²) in [6.07, 6.45) is 6.59. The number of carbonyl (C=O) groups excluding carboxylic acids is 2. The summed E-state index contributed by atoms with van der Waals surface area (Å²) < 4.78 is 13.3. The normalized spacial score (nSPS) is 11.2. The van der Waals surface area contributed by atoms with Crippen LogP contribution in [0, 0.1) is 20.2 Å². The first-order valence-corrected chi connectivity index (χ1v) is 18.0. The van der Waals surface area contributed by atoms with E-state index >= 15 is 0 Å². The van der Waals surface area contributed by atoms with Crippen LogP contribution < -0.4 is 0 Å². The van der Waals surface area contributed by atoms with E-state index in [1.807, 2.05) is 35.7 Å². The lowest BCUT2D eigenvalue weighted by atomic mass is 10.1. The number of benzene rings is 3. The second-order valence-corrected chi connectivity index (χ2v) is 13.2. The molecule has 14 nitrogen and oxygen atoms in total. The molecule has 2 aromatic heterocycles. The quantitative estimate of drug-likeness (QED) is 0.0333. The van der Waals surface area contributed by atoms with Crippen LogP contribution in [0.4, 0.5) is 0 Å². The van der Waals surface area contributed by atoms with Crippen LogP contribution in [-0.4, -0.2) is 31.7 Å². The molecule has 0 aliphatic rings. The molecular weight excluding hydrogens is 717 g/mol. The molecule has 0 unspecified atom stereocenters. The van der Waals surface area contributed by atoms with E-state index in [1.54, 1.807) is 78.2 Å². The Morgan fingerprint density at radius 1 is 0.778 bits per heavy atom. The van der Waals surface area contributed by atoms with Gasteiger partial charge < -0.3 is 23.7 Å². The van der Waals surface area contributed by atoms with Gasteiger partial charge in [0.05, 0.1) is 17.5 Å². The van der Waals surface area contributed by atoms with E-state index in [-0.39, 0.29) is 26.4 Å². The third-order valence-corrected chi connectivity index (χ3v) is 9.12. The number of aromatic nitrogens is 2. The Balaban J connectivity index is 1.28. The van der Waals surface area contributed by atoms with Crippen LogP contribution in [0.1, 0.15) is 74.3 Å². The maximum absolute atomic E-state index is 13.6. The zero-order valence-corrected chi connectivity index (χ0v) is 30.3. The van der Waals surface area contributed by atoms with Gasteiger partial charge in [-0.3, -0.25) is 0 Å². The second-order valence-electron chi connectivity index (χ2n) is 12.2. The molecule has 3 aromatic carbocycles. The molecular formula is C39H38N4O10S. The van der Waals surface area contributed by atoms with Gasteiger partial charge in [-0.15, -0.1) is 31.6 Å². The lowest BCUT2D eigenvalue weighted by Crippen LogP contribution is -2.12. The van der Waals surface area contributed by atoms with Gasteiger partial charge in [0.2, 0.25) is 0 Å². The Morgan fingerprint density at radius 2 is 1.33 bits per heavy atom. The zero-order chi connectivity index (χ0) is 38.3. The van der Waals surface area contributed by atoms with Crippen molar-refractivity contribution in [3.05, 3.63) is 172 Å². The van der Waals surface area contributed by atoms with E-state index in [0.717, 1.165) is 52.3 Å². The highest BCUT2D eigenvalue weighted by molar-refractivity contribution is 7.09. The van der Waals surface area contributed by atoms with Gasteiger partial charge in [-0.25, -0.2) is 14.6 Å². The number of hydrogen-bond acceptors (Lipinski definition) is 12. The van der Waals surface area contributed by atoms with E-state index < -0.39 is 22.1 Å². The fraction of sp³-hybridized carbons (Fsp3) is 0.256. The Kier molecular flexibility index (Phi) is 14.0. The van der Waals surface area contributed by atoms with Gasteiger partial charge in [-0.2, -0.15) is 0 Å². The zero-order valence-electron chi connectivity index (χ0n) is 29.5. The number of nitrogens with zero attached hydrogens (tertiary/aromatic N) is 4. The molecule has 0 saturated carbocycles. The summed E-state index contributed by atoms with van der Waals surface area (Å²) in [6.45, 7) is 2.27. The largest absolute Gasteiger partial charge is 0.457 e. The van der Waals surface area contributed by atoms with Crippen molar-refractivity contribution in [1.29, 1.82) is 0 Å². The lowest BCUT2D eigenvalue weighted by Gasteiger charge is -2.13. The molecule has 5 aromatic rings. The van der Waals surface area contributed by atoms with E-state index in [0.29, 0.717) is 35.2 Å². The van der Waals surface area contributed by atoms with Crippen LogP contribution in [0.3, 0.4) is 0 Å². The van der Waals surface area contributed by atoms with Gasteiger partial charge in [0.15, 0.2) is 0 Å². The highest BCUT2D eigenvalue weighted by Crippen LogP contribution is 2.22. The van der Waals surface area contributed by atoms with Crippen LogP contribution in [0.5, 0.6) is 0 Å². The van der Waals surface area contributed by atoms with Gasteiger partial charge >= 0.3 is 11.9 Å². The van der Waals surface area contributed by atoms with Crippen molar-refractivity contribution < 1.29 is 38.9 Å². The number of hydrogen-bond donors (Lipinski definition) is 0. The third-order valence-electron chi connectivity index (χ3n) is 8.24. The molecule has 0 radical (unpaired) electrons. The number of esters is 2. The monoisotopic (exact) mass is 754 g/mol. The standard InChI is InChI=1S/C39H38N4O10S/c1-2-3-6-37-40-22-35(20-34(21-36-5-4-19-54-36)39(45)51-25-30-9-13-32(14-10-30)27-53-43(48)49)41(37)23-28-15-17-33(18-16-28)38(44)50-24-29-7-11-31(12-8-29)26-52-42(46)47/h4-5,7-20,22H,2-3,6,21,23-27H2,1H3/b34-20+. The number of rotatable bonds is 20. The molecule has 280 valence electrons. The predicted octanol–water partition coefficient (Wildman–Crippen LogP) is 7.48. The van der Waals surface area contributed by atoms with Crippen molar-refractivity contribution >= 4 is 29.4 Å². The van der Waals surface area contributed by atoms with Crippen molar-refractivity contribution in [3.8, 4) is 0 Å². The van der Waals surface area contributed by atoms with Gasteiger partial charge in [-0.1, -0.05) is 80.1 Å². The summed E-state index contributed by atoms with van der Waals surface area (Å²) in [5, 5.41) is 21.2. The third kappa shape index (κ3) is 11.8. The van der Waals surface area contributed by atoms with Crippen LogP contribution in [-0.2, 0) is 69.8 Å². The van der Waals surface area contributed by atoms with Gasteiger partial charge in [0.25, 0.3) is 10.2 Å². The van der Waals surface area contributed by atoms with Crippen molar-refractivity contribution in [2.24, 2.45) is 0 Å². The van der Waals surface area contributed by atoms with Gasteiger partial charge in [-0.05, 0) is 63.9 Å². The maximum Gasteiger partial charge on any atom is 0.338 e. The highest BCUT2D eigenvalue weighted by atomic mass is 32.1. The summed E-state index contributed by atoms with van der Waals surface area (Å²) >= 11 is 1.54. The fourth-order valence-electron chi connectivity index (χ4n) is 5.34. The van der Waals surface area contributed by atoms with Crippen molar-refractivity contribution in [2.75, 3.05) is 0 Å². The lowest BCUT2D eigenvalue weighted by molar-refractivity contribution is -0.763. The van der Waals surface area contributed by atoms with E-state index in [9.17, 15) is 29.8 Å². The predicted molar refractivity (Wildman–Crippen MR) is 198 cm³/mol. The molecule has 0 aliphatic heterocycles. The summed E-state index contributed by atoms with van der Waals surface area (Å²) in [4.78, 5) is 61.8. The number of unbranched alkanes of at least 4 members (excludes halogenated alkanes) is 1. The summed E-state index contributed by atoms with van der Waals surface area (Å²) in [7, 11) is 0. The molecule has 0 atom stereocenters.